The topological polar surface area (TPSA) is 103 Å². The van der Waals surface area contributed by atoms with Gasteiger partial charge < -0.3 is 5.11 Å². The molecule has 0 spiro atoms. The molecule has 0 fully saturated rings. The summed E-state index contributed by atoms with van der Waals surface area (Å²) in [6.07, 6.45) is 5.06. The summed E-state index contributed by atoms with van der Waals surface area (Å²) in [6, 6.07) is 0. The molecule has 1 rings (SSSR count). The summed E-state index contributed by atoms with van der Waals surface area (Å²) in [4.78, 5) is 10.6. The van der Waals surface area contributed by atoms with Crippen molar-refractivity contribution >= 4 is 16.0 Å². The molecular weight excluding hydrogens is 258 g/mol. The molecule has 0 saturated carbocycles. The maximum atomic E-state index is 12.3. The van der Waals surface area contributed by atoms with Gasteiger partial charge in [-0.25, -0.2) is 8.42 Å². The lowest BCUT2D eigenvalue weighted by Gasteiger charge is -2.17. The van der Waals surface area contributed by atoms with Gasteiger partial charge in [0.25, 0.3) is 0 Å². The Morgan fingerprint density at radius 1 is 1.56 bits per heavy atom. The Bertz CT molecular complexity index is 578. The first kappa shape index (κ1) is 14.2. The van der Waals surface area contributed by atoms with Crippen molar-refractivity contribution in [3.05, 3.63) is 11.4 Å². The molecule has 0 radical (unpaired) electrons. The molecule has 1 aromatic rings. The summed E-state index contributed by atoms with van der Waals surface area (Å²) >= 11 is 0. The molecule has 0 amide bonds. The van der Waals surface area contributed by atoms with Crippen molar-refractivity contribution in [3.8, 4) is 12.3 Å². The Morgan fingerprint density at radius 2 is 2.17 bits per heavy atom. The minimum Gasteiger partial charge on any atom is -0.480 e. The van der Waals surface area contributed by atoms with Gasteiger partial charge >= 0.3 is 5.97 Å². The summed E-state index contributed by atoms with van der Waals surface area (Å²) in [5, 5.41) is 15.0. The number of H-pyrrole nitrogens is 1. The Balaban J connectivity index is 3.26. The molecule has 7 nitrogen and oxygen atoms in total. The van der Waals surface area contributed by atoms with Gasteiger partial charge in [-0.3, -0.25) is 9.89 Å². The van der Waals surface area contributed by atoms with E-state index in [1.54, 1.807) is 6.92 Å². The number of aryl methyl sites for hydroxylation is 2. The Morgan fingerprint density at radius 3 is 2.56 bits per heavy atom. The fourth-order valence-corrected chi connectivity index (χ4v) is 3.16. The highest BCUT2D eigenvalue weighted by Crippen LogP contribution is 2.21. The lowest BCUT2D eigenvalue weighted by Crippen LogP contribution is -2.36. The van der Waals surface area contributed by atoms with Crippen LogP contribution in [-0.2, 0) is 14.8 Å². The third kappa shape index (κ3) is 2.69. The number of carboxylic acids is 1. The molecule has 0 aliphatic carbocycles. The largest absolute Gasteiger partial charge is 0.480 e. The van der Waals surface area contributed by atoms with Gasteiger partial charge in [0, 0.05) is 0 Å². The molecule has 1 aromatic heterocycles. The van der Waals surface area contributed by atoms with Gasteiger partial charge in [0.05, 0.1) is 17.9 Å². The van der Waals surface area contributed by atoms with Gasteiger partial charge in [0.1, 0.15) is 11.4 Å². The monoisotopic (exact) mass is 271 g/mol. The van der Waals surface area contributed by atoms with Crippen LogP contribution < -0.4 is 0 Å². The molecule has 0 aliphatic rings. The summed E-state index contributed by atoms with van der Waals surface area (Å²) < 4.78 is 25.3. The Kier molecular flexibility index (Phi) is 4.11. The van der Waals surface area contributed by atoms with Gasteiger partial charge in [-0.2, -0.15) is 9.40 Å². The number of nitrogens with zero attached hydrogens (tertiary/aromatic N) is 2. The normalized spacial score (nSPS) is 11.4. The van der Waals surface area contributed by atoms with Crippen LogP contribution in [0.15, 0.2) is 4.90 Å². The smallest absolute Gasteiger partial charge is 0.318 e. The van der Waals surface area contributed by atoms with Crippen LogP contribution in [0.2, 0.25) is 0 Å². The molecule has 2 N–H and O–H groups in total. The third-order valence-electron chi connectivity index (χ3n) is 2.24. The first-order valence-electron chi connectivity index (χ1n) is 4.97. The zero-order valence-electron chi connectivity index (χ0n) is 9.97. The second-order valence-electron chi connectivity index (χ2n) is 3.63. The molecule has 0 aliphatic heterocycles. The fraction of sp³-hybridized carbons (Fsp3) is 0.400. The molecule has 0 aromatic carbocycles. The van der Waals surface area contributed by atoms with Crippen LogP contribution in [-0.4, -0.2) is 47.1 Å². The van der Waals surface area contributed by atoms with E-state index in [9.17, 15) is 13.2 Å². The number of carbonyl (C=O) groups is 1. The van der Waals surface area contributed by atoms with Crippen molar-refractivity contribution in [2.75, 3.05) is 13.1 Å². The molecule has 0 unspecified atom stereocenters. The average Bonchev–Trinajstić information content (AvgIpc) is 2.57. The number of rotatable bonds is 5. The van der Waals surface area contributed by atoms with Gasteiger partial charge in [0.15, 0.2) is 0 Å². The second-order valence-corrected chi connectivity index (χ2v) is 5.51. The zero-order valence-corrected chi connectivity index (χ0v) is 10.8. The van der Waals surface area contributed by atoms with Crippen LogP contribution in [0, 0.1) is 26.2 Å². The quantitative estimate of drug-likeness (QED) is 0.718. The molecule has 18 heavy (non-hydrogen) atoms. The number of nitrogens with one attached hydrogen (secondary N) is 1. The highest BCUT2D eigenvalue weighted by atomic mass is 32.2. The summed E-state index contributed by atoms with van der Waals surface area (Å²) in [7, 11) is -3.96. The maximum Gasteiger partial charge on any atom is 0.318 e. The van der Waals surface area contributed by atoms with E-state index in [2.05, 4.69) is 16.1 Å². The Labute approximate surface area is 105 Å². The van der Waals surface area contributed by atoms with Crippen molar-refractivity contribution in [1.29, 1.82) is 0 Å². The second kappa shape index (κ2) is 5.20. The molecule has 1 heterocycles. The van der Waals surface area contributed by atoms with Gasteiger partial charge in [-0.1, -0.05) is 5.92 Å². The van der Waals surface area contributed by atoms with E-state index in [-0.39, 0.29) is 17.1 Å². The van der Waals surface area contributed by atoms with E-state index < -0.39 is 22.5 Å². The van der Waals surface area contributed by atoms with Crippen molar-refractivity contribution in [2.24, 2.45) is 0 Å². The zero-order chi connectivity index (χ0) is 13.9. The number of sulfonamides is 1. The molecular formula is C10H13N3O4S. The van der Waals surface area contributed by atoms with E-state index >= 15 is 0 Å². The van der Waals surface area contributed by atoms with Crippen LogP contribution in [0.25, 0.3) is 0 Å². The molecule has 8 heteroatoms. The van der Waals surface area contributed by atoms with Crippen molar-refractivity contribution in [3.63, 3.8) is 0 Å². The molecule has 0 atom stereocenters. The third-order valence-corrected chi connectivity index (χ3v) is 4.29. The number of aromatic amines is 1. The van der Waals surface area contributed by atoms with Crippen LogP contribution in [0.1, 0.15) is 11.4 Å². The number of terminal acetylenes is 1. The van der Waals surface area contributed by atoms with E-state index in [1.807, 2.05) is 0 Å². The van der Waals surface area contributed by atoms with E-state index in [4.69, 9.17) is 11.5 Å². The van der Waals surface area contributed by atoms with Crippen LogP contribution >= 0.6 is 0 Å². The minimum absolute atomic E-state index is 0.0287. The lowest BCUT2D eigenvalue weighted by molar-refractivity contribution is -0.137. The SMILES string of the molecule is C#CCN(CC(=O)O)S(=O)(=O)c1c(C)n[nH]c1C. The van der Waals surface area contributed by atoms with Crippen LogP contribution in [0.3, 0.4) is 0 Å². The summed E-state index contributed by atoms with van der Waals surface area (Å²) in [5.41, 5.74) is 0.625. The highest BCUT2D eigenvalue weighted by Gasteiger charge is 2.30. The highest BCUT2D eigenvalue weighted by molar-refractivity contribution is 7.89. The van der Waals surface area contributed by atoms with Crippen molar-refractivity contribution in [1.82, 2.24) is 14.5 Å². The summed E-state index contributed by atoms with van der Waals surface area (Å²) in [5.74, 6) is 0.862. The van der Waals surface area contributed by atoms with Gasteiger partial charge in [-0.05, 0) is 13.8 Å². The molecule has 98 valence electrons. The predicted molar refractivity (Wildman–Crippen MR) is 63.3 cm³/mol. The van der Waals surface area contributed by atoms with Crippen molar-refractivity contribution < 1.29 is 18.3 Å². The van der Waals surface area contributed by atoms with Gasteiger partial charge in [-0.15, -0.1) is 6.42 Å². The molecule has 0 bridgehead atoms. The number of aromatic nitrogens is 2. The molecule has 0 saturated heterocycles. The first-order chi connectivity index (χ1) is 8.30. The average molecular weight is 271 g/mol. The number of hydrogen-bond acceptors (Lipinski definition) is 4. The predicted octanol–water partition coefficient (Wildman–Crippen LogP) is -0.265. The number of carboxylic acid groups (broad SMARTS) is 1. The number of aliphatic carboxylic acids is 1. The summed E-state index contributed by atoms with van der Waals surface area (Å²) in [6.45, 7) is 2.07. The fourth-order valence-electron chi connectivity index (χ4n) is 1.53. The van der Waals surface area contributed by atoms with Crippen LogP contribution in [0.4, 0.5) is 0 Å². The van der Waals surface area contributed by atoms with E-state index in [1.165, 1.54) is 6.92 Å². The lowest BCUT2D eigenvalue weighted by atomic mass is 10.4. The van der Waals surface area contributed by atoms with Crippen LogP contribution in [0.5, 0.6) is 0 Å². The minimum atomic E-state index is -3.96. The van der Waals surface area contributed by atoms with E-state index in [0.29, 0.717) is 5.69 Å². The van der Waals surface area contributed by atoms with Crippen molar-refractivity contribution in [2.45, 2.75) is 18.7 Å². The number of hydrogen-bond donors (Lipinski definition) is 2. The first-order valence-corrected chi connectivity index (χ1v) is 6.41. The maximum absolute atomic E-state index is 12.3. The Hall–Kier alpha value is -1.85. The van der Waals surface area contributed by atoms with E-state index in [0.717, 1.165) is 4.31 Å². The standard InChI is InChI=1S/C10H13N3O4S/c1-4-5-13(6-9(14)15)18(16,17)10-7(2)11-12-8(10)3/h1H,5-6H2,2-3H3,(H,11,12)(H,14,15). The van der Waals surface area contributed by atoms with Gasteiger partial charge in [0.2, 0.25) is 10.0 Å².